The summed E-state index contributed by atoms with van der Waals surface area (Å²) in [5.41, 5.74) is 4.79. The fourth-order valence-electron chi connectivity index (χ4n) is 1.39. The summed E-state index contributed by atoms with van der Waals surface area (Å²) in [5.74, 6) is 0.0243. The molecule has 0 atom stereocenters. The molecular weight excluding hydrogens is 290 g/mol. The quantitative estimate of drug-likeness (QED) is 0.545. The van der Waals surface area contributed by atoms with Crippen molar-refractivity contribution in [1.82, 2.24) is 16.2 Å². The van der Waals surface area contributed by atoms with Crippen molar-refractivity contribution < 1.29 is 14.3 Å². The van der Waals surface area contributed by atoms with Crippen LogP contribution in [0, 0.1) is 0 Å². The SMILES string of the molecule is CCCCC(=O)NC(=S)NNC(=O)COc1ccccc1. The van der Waals surface area contributed by atoms with Crippen LogP contribution in [0.5, 0.6) is 5.75 Å². The van der Waals surface area contributed by atoms with Gasteiger partial charge in [-0.2, -0.15) is 0 Å². The van der Waals surface area contributed by atoms with Crippen LogP contribution in [0.15, 0.2) is 30.3 Å². The Balaban J connectivity index is 2.17. The Bertz CT molecular complexity index is 480. The van der Waals surface area contributed by atoms with Crippen LogP contribution in [0.2, 0.25) is 0 Å². The zero-order valence-electron chi connectivity index (χ0n) is 11.8. The first kappa shape index (κ1) is 16.9. The molecule has 0 spiro atoms. The molecule has 0 aliphatic heterocycles. The predicted octanol–water partition coefficient (Wildman–Crippen LogP) is 1.28. The van der Waals surface area contributed by atoms with Gasteiger partial charge in [-0.1, -0.05) is 31.5 Å². The van der Waals surface area contributed by atoms with Crippen LogP contribution < -0.4 is 20.9 Å². The van der Waals surface area contributed by atoms with Crippen LogP contribution in [0.25, 0.3) is 0 Å². The molecule has 0 radical (unpaired) electrons. The standard InChI is InChI=1S/C14H19N3O3S/c1-2-3-9-12(18)15-14(21)17-16-13(19)10-20-11-7-5-4-6-8-11/h4-8H,2-3,9-10H2,1H3,(H,16,19)(H2,15,17,18,21). The van der Waals surface area contributed by atoms with Crippen molar-refractivity contribution in [2.24, 2.45) is 0 Å². The zero-order valence-corrected chi connectivity index (χ0v) is 12.7. The number of benzene rings is 1. The van der Waals surface area contributed by atoms with E-state index in [-0.39, 0.29) is 17.6 Å². The molecule has 1 aromatic rings. The van der Waals surface area contributed by atoms with Gasteiger partial charge in [0.05, 0.1) is 0 Å². The molecule has 0 aliphatic carbocycles. The normalized spacial score (nSPS) is 9.57. The lowest BCUT2D eigenvalue weighted by Gasteiger charge is -2.11. The number of unbranched alkanes of at least 4 members (excludes halogenated alkanes) is 1. The summed E-state index contributed by atoms with van der Waals surface area (Å²) in [6, 6.07) is 8.98. The molecule has 114 valence electrons. The van der Waals surface area contributed by atoms with Crippen LogP contribution in [0.3, 0.4) is 0 Å². The van der Waals surface area contributed by atoms with Gasteiger partial charge in [0, 0.05) is 6.42 Å². The molecule has 21 heavy (non-hydrogen) atoms. The van der Waals surface area contributed by atoms with E-state index < -0.39 is 5.91 Å². The van der Waals surface area contributed by atoms with Crippen LogP contribution in [0.4, 0.5) is 0 Å². The van der Waals surface area contributed by atoms with E-state index in [4.69, 9.17) is 17.0 Å². The van der Waals surface area contributed by atoms with Gasteiger partial charge in [-0.3, -0.25) is 20.4 Å². The minimum absolute atomic E-state index is 0.0594. The number of rotatable bonds is 6. The molecule has 0 unspecified atom stereocenters. The average molecular weight is 309 g/mol. The first-order valence-corrected chi connectivity index (χ1v) is 7.09. The maximum atomic E-state index is 11.5. The van der Waals surface area contributed by atoms with Crippen LogP contribution in [0.1, 0.15) is 26.2 Å². The number of nitrogens with one attached hydrogen (secondary N) is 3. The number of hydrogen-bond donors (Lipinski definition) is 3. The van der Waals surface area contributed by atoms with Crippen molar-refractivity contribution in [3.8, 4) is 5.75 Å². The molecule has 0 aliphatic rings. The molecule has 1 rings (SSSR count). The van der Waals surface area contributed by atoms with E-state index in [0.29, 0.717) is 12.2 Å². The van der Waals surface area contributed by atoms with Crippen molar-refractivity contribution in [2.45, 2.75) is 26.2 Å². The Kier molecular flexibility index (Phi) is 7.81. The zero-order chi connectivity index (χ0) is 15.5. The largest absolute Gasteiger partial charge is 0.484 e. The van der Waals surface area contributed by atoms with Crippen molar-refractivity contribution in [2.75, 3.05) is 6.61 Å². The molecule has 3 N–H and O–H groups in total. The summed E-state index contributed by atoms with van der Waals surface area (Å²) in [7, 11) is 0. The number of hydrogen-bond acceptors (Lipinski definition) is 4. The Morgan fingerprint density at radius 3 is 2.52 bits per heavy atom. The van der Waals surface area contributed by atoms with Gasteiger partial charge in [0.2, 0.25) is 5.91 Å². The fraction of sp³-hybridized carbons (Fsp3) is 0.357. The highest BCUT2D eigenvalue weighted by Crippen LogP contribution is 2.07. The van der Waals surface area contributed by atoms with E-state index in [1.165, 1.54) is 0 Å². The van der Waals surface area contributed by atoms with Crippen LogP contribution in [-0.4, -0.2) is 23.5 Å². The first-order chi connectivity index (χ1) is 10.1. The number of ether oxygens (including phenoxy) is 1. The summed E-state index contributed by atoms with van der Waals surface area (Å²) in [6.45, 7) is 1.85. The molecule has 0 saturated carbocycles. The van der Waals surface area contributed by atoms with Crippen molar-refractivity contribution in [1.29, 1.82) is 0 Å². The molecule has 7 heteroatoms. The maximum Gasteiger partial charge on any atom is 0.276 e. The van der Waals surface area contributed by atoms with Gasteiger partial charge < -0.3 is 10.1 Å². The smallest absolute Gasteiger partial charge is 0.276 e. The highest BCUT2D eigenvalue weighted by molar-refractivity contribution is 7.80. The molecular formula is C14H19N3O3S. The second-order valence-electron chi connectivity index (χ2n) is 4.26. The molecule has 0 saturated heterocycles. The monoisotopic (exact) mass is 309 g/mol. The summed E-state index contributed by atoms with van der Waals surface area (Å²) in [4.78, 5) is 22.9. The third kappa shape index (κ3) is 7.88. The van der Waals surface area contributed by atoms with Crippen LogP contribution >= 0.6 is 12.2 Å². The van der Waals surface area contributed by atoms with E-state index in [9.17, 15) is 9.59 Å². The lowest BCUT2D eigenvalue weighted by atomic mass is 10.2. The van der Waals surface area contributed by atoms with Crippen LogP contribution in [-0.2, 0) is 9.59 Å². The fourth-order valence-corrected chi connectivity index (χ4v) is 1.55. The van der Waals surface area contributed by atoms with Gasteiger partial charge in [0.25, 0.3) is 5.91 Å². The Morgan fingerprint density at radius 2 is 1.86 bits per heavy atom. The van der Waals surface area contributed by atoms with Crippen molar-refractivity contribution >= 4 is 29.1 Å². The second-order valence-corrected chi connectivity index (χ2v) is 4.66. The van der Waals surface area contributed by atoms with E-state index in [1.807, 2.05) is 25.1 Å². The van der Waals surface area contributed by atoms with Gasteiger partial charge in [-0.25, -0.2) is 0 Å². The number of para-hydroxylation sites is 1. The third-order valence-corrected chi connectivity index (χ3v) is 2.64. The van der Waals surface area contributed by atoms with Gasteiger partial charge >= 0.3 is 0 Å². The number of carbonyl (C=O) groups excluding carboxylic acids is 2. The van der Waals surface area contributed by atoms with Gasteiger partial charge in [0.15, 0.2) is 11.7 Å². The number of thiocarbonyl (C=S) groups is 1. The molecule has 2 amide bonds. The maximum absolute atomic E-state index is 11.5. The average Bonchev–Trinajstić information content (AvgIpc) is 2.50. The highest BCUT2D eigenvalue weighted by Gasteiger charge is 2.06. The Hall–Kier alpha value is -2.15. The minimum atomic E-state index is -0.399. The Morgan fingerprint density at radius 1 is 1.14 bits per heavy atom. The summed E-state index contributed by atoms with van der Waals surface area (Å²) >= 11 is 4.88. The Labute approximate surface area is 129 Å². The van der Waals surface area contributed by atoms with Gasteiger partial charge in [-0.15, -0.1) is 0 Å². The first-order valence-electron chi connectivity index (χ1n) is 6.68. The molecule has 1 aromatic carbocycles. The molecule has 0 aromatic heterocycles. The summed E-state index contributed by atoms with van der Waals surface area (Å²) in [6.07, 6.45) is 2.14. The number of hydrazine groups is 1. The predicted molar refractivity (Wildman–Crippen MR) is 83.5 cm³/mol. The lowest BCUT2D eigenvalue weighted by molar-refractivity contribution is -0.124. The van der Waals surface area contributed by atoms with E-state index in [1.54, 1.807) is 12.1 Å². The van der Waals surface area contributed by atoms with Gasteiger partial charge in [0.1, 0.15) is 5.75 Å². The van der Waals surface area contributed by atoms with E-state index in [2.05, 4.69) is 16.2 Å². The highest BCUT2D eigenvalue weighted by atomic mass is 32.1. The second kappa shape index (κ2) is 9.71. The topological polar surface area (TPSA) is 79.5 Å². The minimum Gasteiger partial charge on any atom is -0.484 e. The van der Waals surface area contributed by atoms with Crippen molar-refractivity contribution in [3.63, 3.8) is 0 Å². The number of carbonyl (C=O) groups is 2. The molecule has 0 bridgehead atoms. The molecule has 6 nitrogen and oxygen atoms in total. The molecule has 0 heterocycles. The van der Waals surface area contributed by atoms with Gasteiger partial charge in [-0.05, 0) is 30.8 Å². The van der Waals surface area contributed by atoms with Crippen molar-refractivity contribution in [3.05, 3.63) is 30.3 Å². The van der Waals surface area contributed by atoms with E-state index >= 15 is 0 Å². The van der Waals surface area contributed by atoms with E-state index in [0.717, 1.165) is 12.8 Å². The summed E-state index contributed by atoms with van der Waals surface area (Å²) in [5, 5.41) is 2.53. The third-order valence-electron chi connectivity index (χ3n) is 2.44. The number of amides is 2. The summed E-state index contributed by atoms with van der Waals surface area (Å²) < 4.78 is 5.25. The lowest BCUT2D eigenvalue weighted by Crippen LogP contribution is -2.49. The molecule has 0 fully saturated rings.